The molecule has 0 unspecified atom stereocenters. The Hall–Kier alpha value is -3.15. The van der Waals surface area contributed by atoms with Crippen LogP contribution in [0.1, 0.15) is 34.8 Å². The number of nitrogens with zero attached hydrogens (tertiary/aromatic N) is 1. The van der Waals surface area contributed by atoms with Gasteiger partial charge in [0.25, 0.3) is 5.91 Å². The van der Waals surface area contributed by atoms with E-state index in [2.05, 4.69) is 10.5 Å². The fraction of sp³-hybridized carbons (Fsp3) is 0.211. The van der Waals surface area contributed by atoms with E-state index in [1.807, 2.05) is 49.4 Å². The lowest BCUT2D eigenvalue weighted by Gasteiger charge is -2.16. The van der Waals surface area contributed by atoms with Gasteiger partial charge in [-0.05, 0) is 30.2 Å². The fourth-order valence-electron chi connectivity index (χ4n) is 2.65. The molecule has 3 aromatic rings. The largest absolute Gasteiger partial charge is 0.450 e. The maximum Gasteiger partial charge on any atom is 0.377 e. The van der Waals surface area contributed by atoms with Crippen LogP contribution < -0.4 is 5.32 Å². The zero-order valence-corrected chi connectivity index (χ0v) is 14.0. The van der Waals surface area contributed by atoms with Gasteiger partial charge in [0.05, 0.1) is 11.7 Å². The van der Waals surface area contributed by atoms with E-state index in [4.69, 9.17) is 9.26 Å². The van der Waals surface area contributed by atoms with E-state index in [-0.39, 0.29) is 24.3 Å². The van der Waals surface area contributed by atoms with Crippen LogP contribution in [0.25, 0.3) is 10.8 Å². The van der Waals surface area contributed by atoms with Crippen molar-refractivity contribution in [3.05, 3.63) is 65.5 Å². The minimum absolute atomic E-state index is 0.0209. The summed E-state index contributed by atoms with van der Waals surface area (Å²) in [5.41, 5.74) is 1.57. The second-order valence-electron chi connectivity index (χ2n) is 5.77. The van der Waals surface area contributed by atoms with Crippen LogP contribution in [0.5, 0.6) is 0 Å². The summed E-state index contributed by atoms with van der Waals surface area (Å²) in [5, 5.41) is 8.62. The van der Waals surface area contributed by atoms with Gasteiger partial charge in [-0.15, -0.1) is 0 Å². The van der Waals surface area contributed by atoms with Gasteiger partial charge >= 0.3 is 5.97 Å². The number of nitrogens with one attached hydrogen (secondary N) is 1. The number of ether oxygens (including phenoxy) is 1. The number of benzene rings is 2. The van der Waals surface area contributed by atoms with E-state index in [1.165, 1.54) is 6.07 Å². The summed E-state index contributed by atoms with van der Waals surface area (Å²) in [7, 11) is 0. The van der Waals surface area contributed by atoms with E-state index in [1.54, 1.807) is 6.92 Å². The SMILES string of the molecule is Cc1cc(C(=O)OCC(=O)N[C@H](C)c2cccc3ccccc23)on1. The molecule has 0 saturated heterocycles. The summed E-state index contributed by atoms with van der Waals surface area (Å²) < 4.78 is 9.74. The molecular formula is C19H18N2O4. The van der Waals surface area contributed by atoms with Gasteiger partial charge in [0.1, 0.15) is 0 Å². The van der Waals surface area contributed by atoms with Crippen LogP contribution in [0.15, 0.2) is 53.1 Å². The molecule has 1 atom stereocenters. The molecule has 25 heavy (non-hydrogen) atoms. The molecular weight excluding hydrogens is 320 g/mol. The van der Waals surface area contributed by atoms with Crippen LogP contribution >= 0.6 is 0 Å². The number of hydrogen-bond donors (Lipinski definition) is 1. The van der Waals surface area contributed by atoms with Crippen molar-refractivity contribution in [3.8, 4) is 0 Å². The number of carbonyl (C=O) groups is 2. The first-order valence-electron chi connectivity index (χ1n) is 7.92. The molecule has 0 fully saturated rings. The maximum atomic E-state index is 12.1. The quantitative estimate of drug-likeness (QED) is 0.723. The van der Waals surface area contributed by atoms with Crippen molar-refractivity contribution in [2.45, 2.75) is 19.9 Å². The first-order chi connectivity index (χ1) is 12.0. The van der Waals surface area contributed by atoms with Crippen LogP contribution in [0.3, 0.4) is 0 Å². The number of hydrogen-bond acceptors (Lipinski definition) is 5. The molecule has 6 heteroatoms. The number of carbonyl (C=O) groups excluding carboxylic acids is 2. The molecule has 1 N–H and O–H groups in total. The Bertz CT molecular complexity index is 911. The molecule has 0 aliphatic heterocycles. The van der Waals surface area contributed by atoms with Crippen LogP contribution in [-0.4, -0.2) is 23.6 Å². The van der Waals surface area contributed by atoms with Crippen molar-refractivity contribution < 1.29 is 18.8 Å². The number of amides is 1. The van der Waals surface area contributed by atoms with Gasteiger partial charge in [-0.25, -0.2) is 4.79 Å². The molecule has 0 spiro atoms. The van der Waals surface area contributed by atoms with Crippen molar-refractivity contribution in [1.82, 2.24) is 10.5 Å². The highest BCUT2D eigenvalue weighted by Gasteiger charge is 2.17. The van der Waals surface area contributed by atoms with Crippen LogP contribution in [0, 0.1) is 6.92 Å². The Morgan fingerprint density at radius 2 is 1.96 bits per heavy atom. The zero-order chi connectivity index (χ0) is 17.8. The van der Waals surface area contributed by atoms with Gasteiger partial charge in [-0.3, -0.25) is 4.79 Å². The third-order valence-corrected chi connectivity index (χ3v) is 3.83. The molecule has 1 heterocycles. The lowest BCUT2D eigenvalue weighted by atomic mass is 10.00. The molecule has 128 valence electrons. The highest BCUT2D eigenvalue weighted by molar-refractivity contribution is 5.89. The molecule has 0 aliphatic rings. The number of rotatable bonds is 5. The molecule has 1 amide bonds. The standard InChI is InChI=1S/C19H18N2O4/c1-12-10-17(25-21-12)19(23)24-11-18(22)20-13(2)15-9-5-7-14-6-3-4-8-16(14)15/h3-10,13H,11H2,1-2H3,(H,20,22)/t13-/m1/s1. The average Bonchev–Trinajstić information content (AvgIpc) is 3.05. The van der Waals surface area contributed by atoms with Crippen LogP contribution in [0.2, 0.25) is 0 Å². The molecule has 0 saturated carbocycles. The van der Waals surface area contributed by atoms with E-state index >= 15 is 0 Å². The van der Waals surface area contributed by atoms with Crippen molar-refractivity contribution in [2.75, 3.05) is 6.61 Å². The molecule has 0 aliphatic carbocycles. The number of aryl methyl sites for hydroxylation is 1. The van der Waals surface area contributed by atoms with Gasteiger partial charge < -0.3 is 14.6 Å². The van der Waals surface area contributed by atoms with Crippen LogP contribution in [0.4, 0.5) is 0 Å². The molecule has 2 aromatic carbocycles. The topological polar surface area (TPSA) is 81.4 Å². The van der Waals surface area contributed by atoms with E-state index in [0.717, 1.165) is 16.3 Å². The summed E-state index contributed by atoms with van der Waals surface area (Å²) in [4.78, 5) is 23.8. The smallest absolute Gasteiger partial charge is 0.377 e. The summed E-state index contributed by atoms with van der Waals surface area (Å²) in [6, 6.07) is 15.1. The predicted octanol–water partition coefficient (Wildman–Crippen LogP) is 3.17. The summed E-state index contributed by atoms with van der Waals surface area (Å²) in [6.07, 6.45) is 0. The van der Waals surface area contributed by atoms with Crippen molar-refractivity contribution in [2.24, 2.45) is 0 Å². The first-order valence-corrected chi connectivity index (χ1v) is 7.92. The lowest BCUT2D eigenvalue weighted by Crippen LogP contribution is -2.31. The zero-order valence-electron chi connectivity index (χ0n) is 14.0. The Morgan fingerprint density at radius 1 is 1.20 bits per heavy atom. The number of fused-ring (bicyclic) bond motifs is 1. The Morgan fingerprint density at radius 3 is 2.72 bits per heavy atom. The third kappa shape index (κ3) is 3.85. The Balaban J connectivity index is 1.61. The van der Waals surface area contributed by atoms with Crippen molar-refractivity contribution >= 4 is 22.6 Å². The lowest BCUT2D eigenvalue weighted by molar-refractivity contribution is -0.124. The minimum atomic E-state index is -0.714. The first kappa shape index (κ1) is 16.7. The molecule has 1 aromatic heterocycles. The van der Waals surface area contributed by atoms with Crippen molar-refractivity contribution in [1.29, 1.82) is 0 Å². The summed E-state index contributed by atoms with van der Waals surface area (Å²) >= 11 is 0. The summed E-state index contributed by atoms with van der Waals surface area (Å²) in [6.45, 7) is 3.20. The second kappa shape index (κ2) is 7.17. The molecule has 0 bridgehead atoms. The molecule has 6 nitrogen and oxygen atoms in total. The summed E-state index contributed by atoms with van der Waals surface area (Å²) in [5.74, 6) is -1.12. The minimum Gasteiger partial charge on any atom is -0.450 e. The Kier molecular flexibility index (Phi) is 4.79. The number of esters is 1. The van der Waals surface area contributed by atoms with Gasteiger partial charge in [0, 0.05) is 6.07 Å². The highest BCUT2D eigenvalue weighted by Crippen LogP contribution is 2.23. The number of aromatic nitrogens is 1. The van der Waals surface area contributed by atoms with Gasteiger partial charge in [-0.1, -0.05) is 47.6 Å². The maximum absolute atomic E-state index is 12.1. The van der Waals surface area contributed by atoms with E-state index in [0.29, 0.717) is 5.69 Å². The highest BCUT2D eigenvalue weighted by atomic mass is 16.6. The van der Waals surface area contributed by atoms with E-state index < -0.39 is 5.97 Å². The normalized spacial score (nSPS) is 11.9. The Labute approximate surface area is 144 Å². The third-order valence-electron chi connectivity index (χ3n) is 3.83. The van der Waals surface area contributed by atoms with Gasteiger partial charge in [0.2, 0.25) is 5.76 Å². The second-order valence-corrected chi connectivity index (χ2v) is 5.77. The van der Waals surface area contributed by atoms with Gasteiger partial charge in [0.15, 0.2) is 6.61 Å². The van der Waals surface area contributed by atoms with Crippen molar-refractivity contribution in [3.63, 3.8) is 0 Å². The monoisotopic (exact) mass is 338 g/mol. The molecule has 3 rings (SSSR count). The predicted molar refractivity (Wildman–Crippen MR) is 92.0 cm³/mol. The molecule has 0 radical (unpaired) electrons. The van der Waals surface area contributed by atoms with Gasteiger partial charge in [-0.2, -0.15) is 0 Å². The van der Waals surface area contributed by atoms with Crippen LogP contribution in [-0.2, 0) is 9.53 Å². The average molecular weight is 338 g/mol. The van der Waals surface area contributed by atoms with E-state index in [9.17, 15) is 9.59 Å². The fourth-order valence-corrected chi connectivity index (χ4v) is 2.65.